The van der Waals surface area contributed by atoms with Gasteiger partial charge in [-0.2, -0.15) is 0 Å². The predicted molar refractivity (Wildman–Crippen MR) is 64.9 cm³/mol. The average molecular weight is 273 g/mol. The highest BCUT2D eigenvalue weighted by atomic mass is 32.2. The third-order valence-corrected chi connectivity index (χ3v) is 3.74. The van der Waals surface area contributed by atoms with Crippen LogP contribution < -0.4 is 0 Å². The van der Waals surface area contributed by atoms with Gasteiger partial charge in [-0.1, -0.05) is 0 Å². The van der Waals surface area contributed by atoms with E-state index in [1.165, 1.54) is 32.5 Å². The lowest BCUT2D eigenvalue weighted by atomic mass is 10.2. The van der Waals surface area contributed by atoms with E-state index in [9.17, 15) is 13.2 Å². The highest BCUT2D eigenvalue weighted by molar-refractivity contribution is 7.90. The summed E-state index contributed by atoms with van der Waals surface area (Å²) in [5, 5.41) is 0. The Bertz CT molecular complexity index is 495. The summed E-state index contributed by atoms with van der Waals surface area (Å²) in [6.45, 7) is 0.155. The number of aromatic nitrogens is 1. The molecule has 0 atom stereocenters. The van der Waals surface area contributed by atoms with E-state index in [0.717, 1.165) is 0 Å². The van der Waals surface area contributed by atoms with E-state index in [2.05, 4.69) is 9.72 Å². The third kappa shape index (κ3) is 4.42. The molecule has 0 aliphatic rings. The van der Waals surface area contributed by atoms with E-state index in [1.54, 1.807) is 0 Å². The van der Waals surface area contributed by atoms with Crippen molar-refractivity contribution in [1.29, 1.82) is 0 Å². The monoisotopic (exact) mass is 273 g/mol. The van der Waals surface area contributed by atoms with Gasteiger partial charge in [0.25, 0.3) is 0 Å². The van der Waals surface area contributed by atoms with Crippen molar-refractivity contribution in [1.82, 2.24) is 4.98 Å². The Labute approximate surface area is 106 Å². The smallest absolute Gasteiger partial charge is 0.339 e. The van der Waals surface area contributed by atoms with Gasteiger partial charge in [-0.3, -0.25) is 4.98 Å². The largest absolute Gasteiger partial charge is 0.465 e. The number of carbonyl (C=O) groups is 1. The number of hydrogen-bond donors (Lipinski definition) is 0. The minimum Gasteiger partial charge on any atom is -0.465 e. The summed E-state index contributed by atoms with van der Waals surface area (Å²) in [7, 11) is -0.526. The summed E-state index contributed by atoms with van der Waals surface area (Å²) in [6.07, 6.45) is 1.30. The normalized spacial score (nSPS) is 11.2. The summed E-state index contributed by atoms with van der Waals surface area (Å²) < 4.78 is 32.5. The molecule has 0 N–H and O–H groups in total. The zero-order valence-electron chi connectivity index (χ0n) is 10.3. The molecule has 18 heavy (non-hydrogen) atoms. The van der Waals surface area contributed by atoms with Gasteiger partial charge in [0.05, 0.1) is 36.5 Å². The Kier molecular flexibility index (Phi) is 5.24. The number of methoxy groups -OCH3 is 2. The molecular formula is C11H15NO5S. The van der Waals surface area contributed by atoms with Crippen LogP contribution in [-0.2, 0) is 25.1 Å². The Balaban J connectivity index is 2.72. The van der Waals surface area contributed by atoms with Gasteiger partial charge in [-0.15, -0.1) is 0 Å². The molecule has 0 aromatic carbocycles. The second-order valence-electron chi connectivity index (χ2n) is 3.61. The number of esters is 1. The molecular weight excluding hydrogens is 258 g/mol. The second-order valence-corrected chi connectivity index (χ2v) is 5.80. The Morgan fingerprint density at radius 2 is 2.06 bits per heavy atom. The van der Waals surface area contributed by atoms with Crippen LogP contribution in [0.4, 0.5) is 0 Å². The Morgan fingerprint density at radius 1 is 1.33 bits per heavy atom. The molecule has 1 rings (SSSR count). The van der Waals surface area contributed by atoms with Crippen molar-refractivity contribution in [2.75, 3.05) is 26.6 Å². The van der Waals surface area contributed by atoms with Crippen molar-refractivity contribution in [3.8, 4) is 0 Å². The number of nitrogens with zero attached hydrogens (tertiary/aromatic N) is 1. The number of pyridine rings is 1. The van der Waals surface area contributed by atoms with Gasteiger partial charge < -0.3 is 9.47 Å². The molecule has 7 heteroatoms. The number of rotatable bonds is 6. The first-order valence-corrected chi connectivity index (χ1v) is 7.03. The van der Waals surface area contributed by atoms with Gasteiger partial charge in [0.1, 0.15) is 0 Å². The third-order valence-electron chi connectivity index (χ3n) is 2.21. The van der Waals surface area contributed by atoms with Gasteiger partial charge in [0, 0.05) is 13.3 Å². The van der Waals surface area contributed by atoms with Crippen LogP contribution in [0.5, 0.6) is 0 Å². The fourth-order valence-electron chi connectivity index (χ4n) is 1.26. The lowest BCUT2D eigenvalue weighted by molar-refractivity contribution is 0.0600. The molecule has 0 amide bonds. The van der Waals surface area contributed by atoms with Crippen LogP contribution in [0.2, 0.25) is 0 Å². The van der Waals surface area contributed by atoms with E-state index >= 15 is 0 Å². The van der Waals surface area contributed by atoms with E-state index in [0.29, 0.717) is 5.69 Å². The molecule has 0 fully saturated rings. The minimum atomic E-state index is -3.24. The van der Waals surface area contributed by atoms with Crippen LogP contribution in [-0.4, -0.2) is 46.0 Å². The van der Waals surface area contributed by atoms with Gasteiger partial charge in [-0.25, -0.2) is 13.2 Å². The molecule has 0 aliphatic carbocycles. The standard InChI is InChI=1S/C11H15NO5S/c1-16-5-6-18(14,15)8-10-4-3-9(7-12-10)11(13)17-2/h3-4,7H,5-6,8H2,1-2H3. The SMILES string of the molecule is COCCS(=O)(=O)Cc1ccc(C(=O)OC)cn1. The first-order valence-electron chi connectivity index (χ1n) is 5.21. The number of carbonyl (C=O) groups excluding carboxylic acids is 1. The molecule has 1 heterocycles. The molecule has 1 aromatic rings. The van der Waals surface area contributed by atoms with Crippen LogP contribution in [0.15, 0.2) is 18.3 Å². The maximum absolute atomic E-state index is 11.6. The van der Waals surface area contributed by atoms with Gasteiger partial charge in [0.2, 0.25) is 0 Å². The molecule has 0 aliphatic heterocycles. The van der Waals surface area contributed by atoms with Crippen LogP contribution in [0.25, 0.3) is 0 Å². The maximum atomic E-state index is 11.6. The van der Waals surface area contributed by atoms with Gasteiger partial charge >= 0.3 is 5.97 Å². The molecule has 0 saturated heterocycles. The van der Waals surface area contributed by atoms with Crippen LogP contribution in [0, 0.1) is 0 Å². The van der Waals surface area contributed by atoms with Crippen LogP contribution >= 0.6 is 0 Å². The molecule has 0 spiro atoms. The summed E-state index contributed by atoms with van der Waals surface area (Å²) in [5.74, 6) is -0.724. The van der Waals surface area contributed by atoms with Crippen LogP contribution in [0.1, 0.15) is 16.1 Å². The van der Waals surface area contributed by atoms with Crippen LogP contribution in [0.3, 0.4) is 0 Å². The highest BCUT2D eigenvalue weighted by Gasteiger charge is 2.13. The van der Waals surface area contributed by atoms with E-state index in [-0.39, 0.29) is 23.7 Å². The fraction of sp³-hybridized carbons (Fsp3) is 0.455. The van der Waals surface area contributed by atoms with Gasteiger partial charge in [-0.05, 0) is 12.1 Å². The lowest BCUT2D eigenvalue weighted by Crippen LogP contribution is -2.14. The maximum Gasteiger partial charge on any atom is 0.339 e. The number of sulfone groups is 1. The molecule has 0 saturated carbocycles. The molecule has 100 valence electrons. The first-order chi connectivity index (χ1) is 8.48. The zero-order chi connectivity index (χ0) is 13.6. The van der Waals surface area contributed by atoms with Crippen molar-refractivity contribution in [2.45, 2.75) is 5.75 Å². The summed E-state index contributed by atoms with van der Waals surface area (Å²) in [4.78, 5) is 15.1. The predicted octanol–water partition coefficient (Wildman–Crippen LogP) is 0.429. The second kappa shape index (κ2) is 6.46. The van der Waals surface area contributed by atoms with E-state index in [4.69, 9.17) is 4.74 Å². The minimum absolute atomic E-state index is 0.0517. The van der Waals surface area contributed by atoms with Crippen molar-refractivity contribution >= 4 is 15.8 Å². The van der Waals surface area contributed by atoms with E-state index in [1.807, 2.05) is 0 Å². The first kappa shape index (κ1) is 14.6. The van der Waals surface area contributed by atoms with Crippen molar-refractivity contribution in [2.24, 2.45) is 0 Å². The molecule has 0 unspecified atom stereocenters. The highest BCUT2D eigenvalue weighted by Crippen LogP contribution is 2.06. The molecule has 6 nitrogen and oxygen atoms in total. The van der Waals surface area contributed by atoms with Gasteiger partial charge in [0.15, 0.2) is 9.84 Å². The lowest BCUT2D eigenvalue weighted by Gasteiger charge is -2.04. The molecule has 1 aromatic heterocycles. The quantitative estimate of drug-likeness (QED) is 0.699. The van der Waals surface area contributed by atoms with E-state index < -0.39 is 15.8 Å². The number of hydrogen-bond acceptors (Lipinski definition) is 6. The van der Waals surface area contributed by atoms with Crippen molar-refractivity contribution in [3.05, 3.63) is 29.6 Å². The fourth-order valence-corrected chi connectivity index (χ4v) is 2.44. The average Bonchev–Trinajstić information content (AvgIpc) is 2.36. The summed E-state index contributed by atoms with van der Waals surface area (Å²) in [6, 6.07) is 2.98. The Morgan fingerprint density at radius 3 is 2.56 bits per heavy atom. The topological polar surface area (TPSA) is 82.6 Å². The summed E-state index contributed by atoms with van der Waals surface area (Å²) >= 11 is 0. The summed E-state index contributed by atoms with van der Waals surface area (Å²) in [5.41, 5.74) is 0.675. The molecule has 0 radical (unpaired) electrons. The number of ether oxygens (including phenoxy) is 2. The molecule has 0 bridgehead atoms. The van der Waals surface area contributed by atoms with Crippen molar-refractivity contribution in [3.63, 3.8) is 0 Å². The Hall–Kier alpha value is -1.47. The van der Waals surface area contributed by atoms with Crippen molar-refractivity contribution < 1.29 is 22.7 Å². The zero-order valence-corrected chi connectivity index (χ0v) is 11.1.